The molecule has 0 spiro atoms. The summed E-state index contributed by atoms with van der Waals surface area (Å²) in [6.07, 6.45) is 5.47. The minimum Gasteiger partial charge on any atom is -0.368 e. The van der Waals surface area contributed by atoms with E-state index in [1.54, 1.807) is 12.4 Å². The summed E-state index contributed by atoms with van der Waals surface area (Å²) in [7, 11) is 5.87. The van der Waals surface area contributed by atoms with E-state index in [1.165, 1.54) is 0 Å². The number of rotatable bonds is 7. The molecule has 0 aliphatic rings. The lowest BCUT2D eigenvalue weighted by molar-refractivity contribution is 0.637. The van der Waals surface area contributed by atoms with Crippen molar-refractivity contribution in [1.82, 2.24) is 24.7 Å². The highest BCUT2D eigenvalue weighted by atomic mass is 15.3. The van der Waals surface area contributed by atoms with Crippen molar-refractivity contribution in [2.45, 2.75) is 20.0 Å². The fourth-order valence-corrected chi connectivity index (χ4v) is 3.00. The van der Waals surface area contributed by atoms with Crippen LogP contribution in [-0.4, -0.2) is 39.1 Å². The maximum atomic E-state index is 5.87. The van der Waals surface area contributed by atoms with Crippen molar-refractivity contribution in [1.29, 1.82) is 0 Å². The molecule has 4 rings (SSSR count). The first-order valence-corrected chi connectivity index (χ1v) is 9.11. The Labute approximate surface area is 164 Å². The van der Waals surface area contributed by atoms with Crippen molar-refractivity contribution in [2.75, 3.05) is 17.2 Å². The van der Waals surface area contributed by atoms with Gasteiger partial charge in [-0.3, -0.25) is 4.68 Å². The molecule has 0 unspecified atom stereocenters. The van der Waals surface area contributed by atoms with Crippen molar-refractivity contribution in [3.05, 3.63) is 66.4 Å². The number of fused-ring (bicyclic) bond motifs is 1. The predicted octanol–water partition coefficient (Wildman–Crippen LogP) is 2.05. The first-order chi connectivity index (χ1) is 13.7. The number of pyridine rings is 1. The Bertz CT molecular complexity index is 1080. The molecular formula is C20H20BN7. The maximum absolute atomic E-state index is 5.87. The summed E-state index contributed by atoms with van der Waals surface area (Å²) in [5, 5.41) is 11.8. The molecule has 0 amide bonds. The van der Waals surface area contributed by atoms with Gasteiger partial charge >= 0.3 is 0 Å². The van der Waals surface area contributed by atoms with Gasteiger partial charge in [0.05, 0.1) is 18.3 Å². The van der Waals surface area contributed by atoms with Crippen molar-refractivity contribution < 1.29 is 0 Å². The van der Waals surface area contributed by atoms with Gasteiger partial charge in [0.25, 0.3) is 0 Å². The third kappa shape index (κ3) is 4.28. The zero-order chi connectivity index (χ0) is 19.3. The van der Waals surface area contributed by atoms with E-state index < -0.39 is 0 Å². The summed E-state index contributed by atoms with van der Waals surface area (Å²) < 4.78 is 1.87. The van der Waals surface area contributed by atoms with Crippen molar-refractivity contribution in [3.63, 3.8) is 0 Å². The van der Waals surface area contributed by atoms with E-state index in [1.807, 2.05) is 54.2 Å². The molecule has 2 N–H and O–H groups in total. The van der Waals surface area contributed by atoms with Gasteiger partial charge in [0.15, 0.2) is 0 Å². The number of nitrogens with one attached hydrogen (secondary N) is 2. The van der Waals surface area contributed by atoms with Gasteiger partial charge in [0.1, 0.15) is 25.3 Å². The zero-order valence-corrected chi connectivity index (χ0v) is 15.6. The SMILES string of the molecule is [B]c1cccc(CNc2nc(C)nc3cnc(NCCn4cccn4)cc23)c1. The molecule has 0 aliphatic heterocycles. The van der Waals surface area contributed by atoms with Crippen LogP contribution in [0.1, 0.15) is 11.4 Å². The van der Waals surface area contributed by atoms with Crippen LogP contribution in [0.25, 0.3) is 10.9 Å². The minimum absolute atomic E-state index is 0.626. The molecule has 1 aromatic carbocycles. The first kappa shape index (κ1) is 18.0. The lowest BCUT2D eigenvalue weighted by Crippen LogP contribution is -2.12. The van der Waals surface area contributed by atoms with Crippen LogP contribution in [0.5, 0.6) is 0 Å². The highest BCUT2D eigenvalue weighted by molar-refractivity contribution is 6.32. The maximum Gasteiger partial charge on any atom is 0.138 e. The average Bonchev–Trinajstić information content (AvgIpc) is 3.20. The quantitative estimate of drug-likeness (QED) is 0.486. The summed E-state index contributed by atoms with van der Waals surface area (Å²) in [5.74, 6) is 2.25. The van der Waals surface area contributed by atoms with E-state index in [0.717, 1.165) is 46.7 Å². The Balaban J connectivity index is 1.52. The summed E-state index contributed by atoms with van der Waals surface area (Å²) in [6.45, 7) is 3.99. The molecule has 4 aromatic rings. The average molecular weight is 369 g/mol. The van der Waals surface area contributed by atoms with E-state index in [0.29, 0.717) is 12.4 Å². The van der Waals surface area contributed by atoms with Crippen molar-refractivity contribution >= 4 is 35.8 Å². The molecule has 0 fully saturated rings. The van der Waals surface area contributed by atoms with Crippen LogP contribution in [-0.2, 0) is 13.1 Å². The van der Waals surface area contributed by atoms with Crippen LogP contribution in [0.4, 0.5) is 11.6 Å². The molecule has 138 valence electrons. The summed E-state index contributed by atoms with van der Waals surface area (Å²) in [5.41, 5.74) is 2.65. The molecule has 0 atom stereocenters. The number of anilines is 2. The summed E-state index contributed by atoms with van der Waals surface area (Å²) >= 11 is 0. The Morgan fingerprint density at radius 2 is 2.04 bits per heavy atom. The molecule has 28 heavy (non-hydrogen) atoms. The second kappa shape index (κ2) is 8.08. The topological polar surface area (TPSA) is 80.5 Å². The van der Waals surface area contributed by atoms with Gasteiger partial charge in [0.2, 0.25) is 0 Å². The minimum atomic E-state index is 0.626. The molecule has 3 aromatic heterocycles. The molecular weight excluding hydrogens is 349 g/mol. The van der Waals surface area contributed by atoms with Gasteiger partial charge in [-0.2, -0.15) is 5.10 Å². The zero-order valence-electron chi connectivity index (χ0n) is 15.6. The molecule has 8 heteroatoms. The van der Waals surface area contributed by atoms with E-state index >= 15 is 0 Å². The third-order valence-electron chi connectivity index (χ3n) is 4.31. The summed E-state index contributed by atoms with van der Waals surface area (Å²) in [6, 6.07) is 11.7. The Hall–Kier alpha value is -3.42. The predicted molar refractivity (Wildman–Crippen MR) is 112 cm³/mol. The molecule has 3 heterocycles. The fourth-order valence-electron chi connectivity index (χ4n) is 3.00. The number of aryl methyl sites for hydroxylation is 1. The van der Waals surface area contributed by atoms with Gasteiger partial charge in [-0.15, -0.1) is 0 Å². The first-order valence-electron chi connectivity index (χ1n) is 9.11. The molecule has 0 aliphatic carbocycles. The van der Waals surface area contributed by atoms with Crippen molar-refractivity contribution in [3.8, 4) is 0 Å². The van der Waals surface area contributed by atoms with Gasteiger partial charge in [-0.25, -0.2) is 15.0 Å². The third-order valence-corrected chi connectivity index (χ3v) is 4.31. The monoisotopic (exact) mass is 369 g/mol. The van der Waals surface area contributed by atoms with Crippen LogP contribution in [0.3, 0.4) is 0 Å². The molecule has 0 bridgehead atoms. The Morgan fingerprint density at radius 1 is 1.11 bits per heavy atom. The van der Waals surface area contributed by atoms with Crippen LogP contribution < -0.4 is 16.1 Å². The van der Waals surface area contributed by atoms with Gasteiger partial charge in [-0.1, -0.05) is 29.7 Å². The molecule has 7 nitrogen and oxygen atoms in total. The normalized spacial score (nSPS) is 10.9. The molecule has 0 saturated heterocycles. The van der Waals surface area contributed by atoms with Crippen LogP contribution >= 0.6 is 0 Å². The highest BCUT2D eigenvalue weighted by Crippen LogP contribution is 2.23. The van der Waals surface area contributed by atoms with E-state index in [4.69, 9.17) is 7.85 Å². The molecule has 2 radical (unpaired) electrons. The van der Waals surface area contributed by atoms with Gasteiger partial charge in [-0.05, 0) is 24.6 Å². The smallest absolute Gasteiger partial charge is 0.138 e. The van der Waals surface area contributed by atoms with Gasteiger partial charge < -0.3 is 10.6 Å². The number of nitrogens with zero attached hydrogens (tertiary/aromatic N) is 5. The van der Waals surface area contributed by atoms with Crippen molar-refractivity contribution in [2.24, 2.45) is 0 Å². The number of aromatic nitrogens is 5. The van der Waals surface area contributed by atoms with E-state index in [2.05, 4.69) is 30.7 Å². The second-order valence-corrected chi connectivity index (χ2v) is 6.50. The Morgan fingerprint density at radius 3 is 2.86 bits per heavy atom. The van der Waals surface area contributed by atoms with Crippen LogP contribution in [0.2, 0.25) is 0 Å². The molecule has 0 saturated carbocycles. The van der Waals surface area contributed by atoms with Crippen LogP contribution in [0.15, 0.2) is 55.0 Å². The van der Waals surface area contributed by atoms with Gasteiger partial charge in [0, 0.05) is 30.9 Å². The fraction of sp³-hybridized carbons (Fsp3) is 0.200. The lowest BCUT2D eigenvalue weighted by atomic mass is 9.94. The number of hydrogen-bond acceptors (Lipinski definition) is 6. The number of hydrogen-bond donors (Lipinski definition) is 2. The largest absolute Gasteiger partial charge is 0.368 e. The Kier molecular flexibility index (Phi) is 5.19. The second-order valence-electron chi connectivity index (χ2n) is 6.50. The highest BCUT2D eigenvalue weighted by Gasteiger charge is 2.08. The van der Waals surface area contributed by atoms with E-state index in [9.17, 15) is 0 Å². The van der Waals surface area contributed by atoms with Crippen LogP contribution in [0, 0.1) is 6.92 Å². The standard InChI is InChI=1S/C20H20BN7/c1-14-26-18-13-23-19(22-7-9-28-8-3-6-25-28)11-17(18)20(27-14)24-12-15-4-2-5-16(21)10-15/h2-6,8,10-11,13H,7,9,12H2,1H3,(H,22,23)(H,24,26,27). The van der Waals surface area contributed by atoms with E-state index in [-0.39, 0.29) is 0 Å². The summed E-state index contributed by atoms with van der Waals surface area (Å²) in [4.78, 5) is 13.5. The lowest BCUT2D eigenvalue weighted by Gasteiger charge is -2.12. The number of benzene rings is 1.